The van der Waals surface area contributed by atoms with E-state index in [9.17, 15) is 9.59 Å². The number of hydrogen-bond donors (Lipinski definition) is 1. The zero-order valence-electron chi connectivity index (χ0n) is 12.3. The van der Waals surface area contributed by atoms with Gasteiger partial charge in [-0.3, -0.25) is 9.59 Å². The second-order valence-electron chi connectivity index (χ2n) is 5.24. The molecule has 0 bridgehead atoms. The first-order valence-corrected chi connectivity index (χ1v) is 7.19. The summed E-state index contributed by atoms with van der Waals surface area (Å²) in [6.45, 7) is 0.682. The van der Waals surface area contributed by atoms with Gasteiger partial charge in [0.05, 0.1) is 13.2 Å². The number of aromatic amines is 1. The summed E-state index contributed by atoms with van der Waals surface area (Å²) in [7, 11) is 1.63. The van der Waals surface area contributed by atoms with Crippen LogP contribution in [0.25, 0.3) is 0 Å². The summed E-state index contributed by atoms with van der Waals surface area (Å²) < 4.78 is 5.25. The molecule has 1 aromatic carbocycles. The van der Waals surface area contributed by atoms with Crippen LogP contribution in [0.15, 0.2) is 41.2 Å². The van der Waals surface area contributed by atoms with Crippen molar-refractivity contribution < 1.29 is 9.53 Å². The van der Waals surface area contributed by atoms with Crippen LogP contribution in [0.2, 0.25) is 0 Å². The average Bonchev–Trinajstić information content (AvgIpc) is 3.04. The Hall–Kier alpha value is -2.63. The molecule has 1 unspecified atom stereocenters. The van der Waals surface area contributed by atoms with Crippen molar-refractivity contribution in [1.82, 2.24) is 15.1 Å². The summed E-state index contributed by atoms with van der Waals surface area (Å²) >= 11 is 0. The minimum Gasteiger partial charge on any atom is -0.497 e. The van der Waals surface area contributed by atoms with E-state index < -0.39 is 0 Å². The second kappa shape index (κ2) is 6.01. The largest absolute Gasteiger partial charge is 0.497 e. The molecule has 2 heterocycles. The van der Waals surface area contributed by atoms with Crippen molar-refractivity contribution in [3.8, 4) is 5.75 Å². The van der Waals surface area contributed by atoms with Gasteiger partial charge in [-0.05, 0) is 36.6 Å². The van der Waals surface area contributed by atoms with E-state index in [1.807, 2.05) is 24.3 Å². The molecular weight excluding hydrogens is 282 g/mol. The molecule has 1 N–H and O–H groups in total. The predicted molar refractivity (Wildman–Crippen MR) is 80.9 cm³/mol. The lowest BCUT2D eigenvalue weighted by Gasteiger charge is -2.25. The Morgan fingerprint density at radius 2 is 2.23 bits per heavy atom. The number of aromatic nitrogens is 2. The number of rotatable bonds is 3. The van der Waals surface area contributed by atoms with Crippen molar-refractivity contribution in [2.45, 2.75) is 18.9 Å². The molecule has 114 valence electrons. The van der Waals surface area contributed by atoms with Crippen LogP contribution in [0.5, 0.6) is 5.75 Å². The monoisotopic (exact) mass is 299 g/mol. The van der Waals surface area contributed by atoms with Crippen LogP contribution in [-0.4, -0.2) is 34.7 Å². The normalized spacial score (nSPS) is 17.5. The molecule has 0 spiro atoms. The number of nitrogens with zero attached hydrogens (tertiary/aromatic N) is 2. The van der Waals surface area contributed by atoms with E-state index in [-0.39, 0.29) is 23.2 Å². The smallest absolute Gasteiger partial charge is 0.274 e. The molecule has 22 heavy (non-hydrogen) atoms. The van der Waals surface area contributed by atoms with Crippen molar-refractivity contribution in [2.24, 2.45) is 0 Å². The molecule has 1 aliphatic rings. The number of amides is 1. The average molecular weight is 299 g/mol. The Labute approximate surface area is 127 Å². The Balaban J connectivity index is 1.87. The molecule has 6 heteroatoms. The minimum atomic E-state index is -0.317. The predicted octanol–water partition coefficient (Wildman–Crippen LogP) is 1.76. The van der Waals surface area contributed by atoms with Gasteiger partial charge in [0, 0.05) is 12.6 Å². The van der Waals surface area contributed by atoms with E-state index in [1.165, 1.54) is 12.1 Å². The molecule has 1 aliphatic heterocycles. The number of H-pyrrole nitrogens is 1. The van der Waals surface area contributed by atoms with E-state index in [1.54, 1.807) is 12.0 Å². The lowest BCUT2D eigenvalue weighted by atomic mass is 10.0. The summed E-state index contributed by atoms with van der Waals surface area (Å²) in [5.74, 6) is 0.612. The first kappa shape index (κ1) is 14.3. The lowest BCUT2D eigenvalue weighted by Crippen LogP contribution is -2.31. The van der Waals surface area contributed by atoms with Crippen LogP contribution in [-0.2, 0) is 0 Å². The number of benzene rings is 1. The van der Waals surface area contributed by atoms with E-state index in [4.69, 9.17) is 4.74 Å². The topological polar surface area (TPSA) is 75.3 Å². The van der Waals surface area contributed by atoms with Crippen molar-refractivity contribution in [1.29, 1.82) is 0 Å². The third kappa shape index (κ3) is 2.72. The summed E-state index contributed by atoms with van der Waals surface area (Å²) in [5, 5.41) is 6.14. The third-order valence-corrected chi connectivity index (χ3v) is 3.89. The highest BCUT2D eigenvalue weighted by Gasteiger charge is 2.31. The fourth-order valence-corrected chi connectivity index (χ4v) is 2.82. The summed E-state index contributed by atoms with van der Waals surface area (Å²) in [4.78, 5) is 25.5. The van der Waals surface area contributed by atoms with Gasteiger partial charge in [-0.15, -0.1) is 0 Å². The molecule has 0 saturated carbocycles. The van der Waals surface area contributed by atoms with Gasteiger partial charge < -0.3 is 9.64 Å². The SMILES string of the molecule is COc1cccc(C2CCCN2C(=O)c2ccc(=O)[nH]n2)c1. The van der Waals surface area contributed by atoms with Crippen LogP contribution in [0.3, 0.4) is 0 Å². The Morgan fingerprint density at radius 3 is 2.95 bits per heavy atom. The van der Waals surface area contributed by atoms with Crippen LogP contribution >= 0.6 is 0 Å². The second-order valence-corrected chi connectivity index (χ2v) is 5.24. The van der Waals surface area contributed by atoms with Crippen LogP contribution in [0.4, 0.5) is 0 Å². The van der Waals surface area contributed by atoms with E-state index in [0.29, 0.717) is 6.54 Å². The van der Waals surface area contributed by atoms with Crippen molar-refractivity contribution >= 4 is 5.91 Å². The first-order chi connectivity index (χ1) is 10.7. The van der Waals surface area contributed by atoms with Gasteiger partial charge in [-0.25, -0.2) is 5.10 Å². The highest BCUT2D eigenvalue weighted by atomic mass is 16.5. The Bertz CT molecular complexity index is 721. The maximum absolute atomic E-state index is 12.6. The molecule has 3 rings (SSSR count). The van der Waals surface area contributed by atoms with Crippen molar-refractivity contribution in [3.05, 3.63) is 58.0 Å². The van der Waals surface area contributed by atoms with Gasteiger partial charge in [0.15, 0.2) is 0 Å². The standard InChI is InChI=1S/C16H17N3O3/c1-22-12-5-2-4-11(10-12)14-6-3-9-19(14)16(21)13-7-8-15(20)18-17-13/h2,4-5,7-8,10,14H,3,6,9H2,1H3,(H,18,20). The molecule has 1 aromatic heterocycles. The van der Waals surface area contributed by atoms with E-state index >= 15 is 0 Å². The van der Waals surface area contributed by atoms with Gasteiger partial charge in [0.1, 0.15) is 11.4 Å². The van der Waals surface area contributed by atoms with Gasteiger partial charge in [-0.2, -0.15) is 5.10 Å². The quantitative estimate of drug-likeness (QED) is 0.937. The number of hydrogen-bond acceptors (Lipinski definition) is 4. The van der Waals surface area contributed by atoms with Crippen LogP contribution < -0.4 is 10.3 Å². The zero-order chi connectivity index (χ0) is 15.5. The summed E-state index contributed by atoms with van der Waals surface area (Å²) in [5.41, 5.74) is 0.992. The molecule has 1 amide bonds. The first-order valence-electron chi connectivity index (χ1n) is 7.19. The molecule has 0 radical (unpaired) electrons. The maximum atomic E-state index is 12.6. The number of likely N-dealkylation sites (tertiary alicyclic amines) is 1. The highest BCUT2D eigenvalue weighted by Crippen LogP contribution is 2.34. The van der Waals surface area contributed by atoms with Gasteiger partial charge in [0.25, 0.3) is 11.5 Å². The van der Waals surface area contributed by atoms with Gasteiger partial charge >= 0.3 is 0 Å². The molecule has 2 aromatic rings. The summed E-state index contributed by atoms with van der Waals surface area (Å²) in [6.07, 6.45) is 1.85. The molecule has 6 nitrogen and oxygen atoms in total. The third-order valence-electron chi connectivity index (χ3n) is 3.89. The van der Waals surface area contributed by atoms with E-state index in [0.717, 1.165) is 24.2 Å². The molecule has 0 aliphatic carbocycles. The molecule has 1 fully saturated rings. The van der Waals surface area contributed by atoms with E-state index in [2.05, 4.69) is 10.2 Å². The number of nitrogens with one attached hydrogen (secondary N) is 1. The Kier molecular flexibility index (Phi) is 3.91. The number of carbonyl (C=O) groups is 1. The molecule has 1 atom stereocenters. The molecule has 1 saturated heterocycles. The fraction of sp³-hybridized carbons (Fsp3) is 0.312. The Morgan fingerprint density at radius 1 is 1.36 bits per heavy atom. The number of methoxy groups -OCH3 is 1. The van der Waals surface area contributed by atoms with Gasteiger partial charge in [0.2, 0.25) is 0 Å². The maximum Gasteiger partial charge on any atom is 0.274 e. The van der Waals surface area contributed by atoms with Gasteiger partial charge in [-0.1, -0.05) is 12.1 Å². The number of carbonyl (C=O) groups excluding carboxylic acids is 1. The number of ether oxygens (including phenoxy) is 1. The fourth-order valence-electron chi connectivity index (χ4n) is 2.82. The van der Waals surface area contributed by atoms with Crippen molar-refractivity contribution in [3.63, 3.8) is 0 Å². The van der Waals surface area contributed by atoms with Crippen molar-refractivity contribution in [2.75, 3.05) is 13.7 Å². The van der Waals surface area contributed by atoms with Crippen LogP contribution in [0.1, 0.15) is 34.9 Å². The molecular formula is C16H17N3O3. The lowest BCUT2D eigenvalue weighted by molar-refractivity contribution is 0.0728. The van der Waals surface area contributed by atoms with Crippen LogP contribution in [0, 0.1) is 0 Å². The zero-order valence-corrected chi connectivity index (χ0v) is 12.3. The highest BCUT2D eigenvalue weighted by molar-refractivity contribution is 5.92. The minimum absolute atomic E-state index is 0.0105. The summed E-state index contributed by atoms with van der Waals surface area (Å²) in [6, 6.07) is 10.5.